The standard InChI is InChI=1S/C10H20N2O2S2/c1-8(10(11)15)16(13,14)12-7-6-9-4-2-3-5-9/h8-9,12H,2-7H2,1H3,(H2,11,15). The van der Waals surface area contributed by atoms with E-state index >= 15 is 0 Å². The molecule has 0 aliphatic heterocycles. The van der Waals surface area contributed by atoms with Crippen molar-refractivity contribution in [1.82, 2.24) is 4.72 Å². The number of hydrogen-bond acceptors (Lipinski definition) is 3. The van der Waals surface area contributed by atoms with Gasteiger partial charge in [0.2, 0.25) is 10.0 Å². The monoisotopic (exact) mass is 264 g/mol. The summed E-state index contributed by atoms with van der Waals surface area (Å²) in [7, 11) is -3.37. The Morgan fingerprint density at radius 3 is 2.56 bits per heavy atom. The summed E-state index contributed by atoms with van der Waals surface area (Å²) in [6.07, 6.45) is 5.93. The van der Waals surface area contributed by atoms with Gasteiger partial charge in [-0.2, -0.15) is 0 Å². The second kappa shape index (κ2) is 5.93. The molecule has 0 spiro atoms. The predicted molar refractivity (Wildman–Crippen MR) is 69.7 cm³/mol. The maximum absolute atomic E-state index is 11.7. The summed E-state index contributed by atoms with van der Waals surface area (Å²) in [6, 6.07) is 0. The van der Waals surface area contributed by atoms with Crippen LogP contribution in [0.1, 0.15) is 39.0 Å². The number of nitrogens with two attached hydrogens (primary N) is 1. The Morgan fingerprint density at radius 2 is 2.06 bits per heavy atom. The Morgan fingerprint density at radius 1 is 1.50 bits per heavy atom. The molecule has 1 aliphatic rings. The Labute approximate surface area is 103 Å². The fourth-order valence-electron chi connectivity index (χ4n) is 1.98. The highest BCUT2D eigenvalue weighted by molar-refractivity contribution is 7.93. The van der Waals surface area contributed by atoms with E-state index in [1.807, 2.05) is 0 Å². The molecule has 16 heavy (non-hydrogen) atoms. The van der Waals surface area contributed by atoms with Gasteiger partial charge in [-0.15, -0.1) is 0 Å². The normalized spacial score (nSPS) is 19.8. The molecule has 1 unspecified atom stereocenters. The third-order valence-corrected chi connectivity index (χ3v) is 5.49. The Kier molecular flexibility index (Phi) is 5.14. The minimum atomic E-state index is -3.37. The van der Waals surface area contributed by atoms with Gasteiger partial charge in [0.05, 0.1) is 4.99 Å². The zero-order valence-corrected chi connectivity index (χ0v) is 11.2. The highest BCUT2D eigenvalue weighted by Gasteiger charge is 2.23. The molecule has 0 radical (unpaired) electrons. The van der Waals surface area contributed by atoms with Gasteiger partial charge in [0, 0.05) is 6.54 Å². The van der Waals surface area contributed by atoms with E-state index in [0.717, 1.165) is 6.42 Å². The van der Waals surface area contributed by atoms with E-state index in [-0.39, 0.29) is 4.99 Å². The molecule has 94 valence electrons. The summed E-state index contributed by atoms with van der Waals surface area (Å²) < 4.78 is 25.9. The van der Waals surface area contributed by atoms with Gasteiger partial charge in [-0.25, -0.2) is 13.1 Å². The number of rotatable bonds is 6. The van der Waals surface area contributed by atoms with Crippen molar-refractivity contribution in [2.24, 2.45) is 11.7 Å². The molecule has 6 heteroatoms. The lowest BCUT2D eigenvalue weighted by atomic mass is 10.1. The maximum atomic E-state index is 11.7. The molecule has 0 heterocycles. The van der Waals surface area contributed by atoms with Crippen LogP contribution in [0.4, 0.5) is 0 Å². The lowest BCUT2D eigenvalue weighted by molar-refractivity contribution is 0.495. The molecule has 0 amide bonds. The minimum absolute atomic E-state index is 0.0216. The Balaban J connectivity index is 2.33. The number of hydrogen-bond donors (Lipinski definition) is 2. The Bertz CT molecular complexity index is 335. The second-order valence-electron chi connectivity index (χ2n) is 4.42. The van der Waals surface area contributed by atoms with Crippen LogP contribution in [0.3, 0.4) is 0 Å². The molecule has 0 aromatic heterocycles. The number of sulfonamides is 1. The van der Waals surface area contributed by atoms with Gasteiger partial charge in [0.15, 0.2) is 0 Å². The maximum Gasteiger partial charge on any atom is 0.220 e. The quantitative estimate of drug-likeness (QED) is 0.706. The van der Waals surface area contributed by atoms with Crippen LogP contribution in [0, 0.1) is 5.92 Å². The third-order valence-electron chi connectivity index (χ3n) is 3.20. The lowest BCUT2D eigenvalue weighted by Gasteiger charge is -2.14. The van der Waals surface area contributed by atoms with Gasteiger partial charge in [-0.1, -0.05) is 37.9 Å². The number of nitrogens with one attached hydrogen (secondary N) is 1. The fraction of sp³-hybridized carbons (Fsp3) is 0.900. The van der Waals surface area contributed by atoms with Crippen LogP contribution < -0.4 is 10.5 Å². The first-order valence-electron chi connectivity index (χ1n) is 5.71. The zero-order chi connectivity index (χ0) is 12.2. The lowest BCUT2D eigenvalue weighted by Crippen LogP contribution is -2.40. The smallest absolute Gasteiger partial charge is 0.220 e. The van der Waals surface area contributed by atoms with Crippen molar-refractivity contribution in [3.05, 3.63) is 0 Å². The van der Waals surface area contributed by atoms with Crippen molar-refractivity contribution in [1.29, 1.82) is 0 Å². The molecule has 1 atom stereocenters. The molecule has 1 fully saturated rings. The first-order valence-corrected chi connectivity index (χ1v) is 7.66. The van der Waals surface area contributed by atoms with Crippen molar-refractivity contribution in [3.8, 4) is 0 Å². The van der Waals surface area contributed by atoms with E-state index in [2.05, 4.69) is 16.9 Å². The molecule has 3 N–H and O–H groups in total. The summed E-state index contributed by atoms with van der Waals surface area (Å²) >= 11 is 4.68. The molecule has 1 aliphatic carbocycles. The van der Waals surface area contributed by atoms with E-state index in [9.17, 15) is 8.42 Å². The topological polar surface area (TPSA) is 72.2 Å². The molecule has 1 saturated carbocycles. The van der Waals surface area contributed by atoms with E-state index in [1.165, 1.54) is 32.6 Å². The average molecular weight is 264 g/mol. The summed E-state index contributed by atoms with van der Waals surface area (Å²) in [5, 5.41) is -0.786. The van der Waals surface area contributed by atoms with Crippen molar-refractivity contribution >= 4 is 27.2 Å². The molecule has 0 aromatic carbocycles. The molecule has 0 aromatic rings. The van der Waals surface area contributed by atoms with Gasteiger partial charge in [-0.3, -0.25) is 0 Å². The van der Waals surface area contributed by atoms with E-state index in [1.54, 1.807) is 0 Å². The summed E-state index contributed by atoms with van der Waals surface area (Å²) in [5.41, 5.74) is 5.33. The van der Waals surface area contributed by atoms with E-state index in [4.69, 9.17) is 5.73 Å². The van der Waals surface area contributed by atoms with Crippen molar-refractivity contribution < 1.29 is 8.42 Å². The van der Waals surface area contributed by atoms with E-state index < -0.39 is 15.3 Å². The van der Waals surface area contributed by atoms with Gasteiger partial charge < -0.3 is 5.73 Å². The summed E-state index contributed by atoms with van der Waals surface area (Å²) in [5.74, 6) is 0.683. The molecular formula is C10H20N2O2S2. The van der Waals surface area contributed by atoms with Crippen LogP contribution in [0.2, 0.25) is 0 Å². The highest BCUT2D eigenvalue weighted by Crippen LogP contribution is 2.26. The molecule has 0 saturated heterocycles. The van der Waals surface area contributed by atoms with Gasteiger partial charge in [0.25, 0.3) is 0 Å². The first-order chi connectivity index (χ1) is 7.43. The largest absolute Gasteiger partial charge is 0.392 e. The van der Waals surface area contributed by atoms with Crippen LogP contribution in [0.5, 0.6) is 0 Å². The molecule has 1 rings (SSSR count). The summed E-state index contributed by atoms with van der Waals surface area (Å²) in [6.45, 7) is 2.01. The van der Waals surface area contributed by atoms with Crippen molar-refractivity contribution in [2.45, 2.75) is 44.3 Å². The van der Waals surface area contributed by atoms with Gasteiger partial charge >= 0.3 is 0 Å². The first kappa shape index (κ1) is 13.9. The van der Waals surface area contributed by atoms with Crippen LogP contribution >= 0.6 is 12.2 Å². The SMILES string of the molecule is CC(C(N)=S)S(=O)(=O)NCCC1CCCC1. The van der Waals surface area contributed by atoms with Crippen LogP contribution in [0.25, 0.3) is 0 Å². The second-order valence-corrected chi connectivity index (χ2v) is 6.98. The summed E-state index contributed by atoms with van der Waals surface area (Å²) in [4.78, 5) is 0.0216. The number of thiocarbonyl (C=S) groups is 1. The predicted octanol–water partition coefficient (Wildman–Crippen LogP) is 1.16. The van der Waals surface area contributed by atoms with Crippen molar-refractivity contribution in [2.75, 3.05) is 6.54 Å². The van der Waals surface area contributed by atoms with Crippen LogP contribution in [-0.4, -0.2) is 25.2 Å². The molecule has 0 bridgehead atoms. The van der Waals surface area contributed by atoms with Crippen LogP contribution in [0.15, 0.2) is 0 Å². The minimum Gasteiger partial charge on any atom is -0.392 e. The Hall–Kier alpha value is -0.200. The average Bonchev–Trinajstić information content (AvgIpc) is 2.69. The van der Waals surface area contributed by atoms with Crippen LogP contribution in [-0.2, 0) is 10.0 Å². The highest BCUT2D eigenvalue weighted by atomic mass is 32.2. The fourth-order valence-corrected chi connectivity index (χ4v) is 3.32. The van der Waals surface area contributed by atoms with Gasteiger partial charge in [0.1, 0.15) is 5.25 Å². The third kappa shape index (κ3) is 3.99. The van der Waals surface area contributed by atoms with E-state index in [0.29, 0.717) is 12.5 Å². The molecule has 4 nitrogen and oxygen atoms in total. The van der Waals surface area contributed by atoms with Crippen molar-refractivity contribution in [3.63, 3.8) is 0 Å². The van der Waals surface area contributed by atoms with Gasteiger partial charge in [-0.05, 0) is 19.3 Å². The molecular weight excluding hydrogens is 244 g/mol. The zero-order valence-electron chi connectivity index (χ0n) is 9.61.